The summed E-state index contributed by atoms with van der Waals surface area (Å²) in [6.07, 6.45) is 3.14. The van der Waals surface area contributed by atoms with E-state index in [1.54, 1.807) is 28.8 Å². The van der Waals surface area contributed by atoms with Crippen LogP contribution in [0.4, 0.5) is 5.82 Å². The number of halogens is 2. The van der Waals surface area contributed by atoms with Gasteiger partial charge in [-0.1, -0.05) is 29.3 Å². The largest absolute Gasteiger partial charge is 0.364 e. The molecule has 0 aromatic carbocycles. The third-order valence-corrected chi connectivity index (χ3v) is 3.94. The summed E-state index contributed by atoms with van der Waals surface area (Å²) in [5.74, 6) is 0.480. The molecule has 0 saturated heterocycles. The molecule has 1 amide bonds. The van der Waals surface area contributed by atoms with Gasteiger partial charge in [-0.3, -0.25) is 4.79 Å². The smallest absolute Gasteiger partial charge is 0.253 e. The molecule has 5 nitrogen and oxygen atoms in total. The number of pyridine rings is 1. The fourth-order valence-corrected chi connectivity index (χ4v) is 2.26. The molecule has 0 bridgehead atoms. The van der Waals surface area contributed by atoms with E-state index in [1.807, 2.05) is 7.05 Å². The van der Waals surface area contributed by atoms with Gasteiger partial charge in [0.05, 0.1) is 17.1 Å². The van der Waals surface area contributed by atoms with E-state index in [0.29, 0.717) is 34.6 Å². The molecule has 116 valence electrons. The number of amides is 1. The second kappa shape index (κ2) is 7.33. The SMILES string of the molecule is C=CCNC(=O)c1ccc(NCc2cc(Cl)c(Cl)n2C)nc1. The highest BCUT2D eigenvalue weighted by Gasteiger charge is 2.09. The first kappa shape index (κ1) is 16.4. The van der Waals surface area contributed by atoms with E-state index in [2.05, 4.69) is 22.2 Å². The summed E-state index contributed by atoms with van der Waals surface area (Å²) in [6, 6.07) is 5.25. The van der Waals surface area contributed by atoms with Crippen molar-refractivity contribution in [1.82, 2.24) is 14.9 Å². The van der Waals surface area contributed by atoms with Crippen LogP contribution in [-0.2, 0) is 13.6 Å². The maximum atomic E-state index is 11.7. The van der Waals surface area contributed by atoms with Crippen LogP contribution in [0.25, 0.3) is 0 Å². The van der Waals surface area contributed by atoms with Gasteiger partial charge in [-0.25, -0.2) is 4.98 Å². The van der Waals surface area contributed by atoms with Crippen LogP contribution in [-0.4, -0.2) is 22.0 Å². The van der Waals surface area contributed by atoms with Crippen molar-refractivity contribution in [3.8, 4) is 0 Å². The zero-order chi connectivity index (χ0) is 16.1. The first-order valence-corrected chi connectivity index (χ1v) is 7.37. The minimum Gasteiger partial charge on any atom is -0.364 e. The minimum absolute atomic E-state index is 0.181. The Morgan fingerprint density at radius 3 is 2.77 bits per heavy atom. The van der Waals surface area contributed by atoms with Gasteiger partial charge in [0.25, 0.3) is 5.91 Å². The Kier molecular flexibility index (Phi) is 5.46. The van der Waals surface area contributed by atoms with Crippen molar-refractivity contribution in [2.75, 3.05) is 11.9 Å². The first-order chi connectivity index (χ1) is 10.5. The second-order valence-corrected chi connectivity index (χ2v) is 5.38. The molecule has 0 spiro atoms. The lowest BCUT2D eigenvalue weighted by atomic mass is 10.2. The monoisotopic (exact) mass is 338 g/mol. The van der Waals surface area contributed by atoms with Crippen LogP contribution in [0.5, 0.6) is 0 Å². The van der Waals surface area contributed by atoms with E-state index in [1.165, 1.54) is 6.20 Å². The van der Waals surface area contributed by atoms with E-state index in [9.17, 15) is 4.79 Å². The maximum Gasteiger partial charge on any atom is 0.253 e. The van der Waals surface area contributed by atoms with E-state index >= 15 is 0 Å². The van der Waals surface area contributed by atoms with E-state index in [4.69, 9.17) is 23.2 Å². The Labute approximate surface area is 138 Å². The number of carbonyl (C=O) groups excluding carboxylic acids is 1. The van der Waals surface area contributed by atoms with Crippen LogP contribution in [0, 0.1) is 0 Å². The molecule has 7 heteroatoms. The average Bonchev–Trinajstić information content (AvgIpc) is 2.78. The number of hydrogen-bond acceptors (Lipinski definition) is 3. The number of nitrogens with zero attached hydrogens (tertiary/aromatic N) is 2. The van der Waals surface area contributed by atoms with Gasteiger partial charge in [0, 0.05) is 25.5 Å². The second-order valence-electron chi connectivity index (χ2n) is 4.62. The van der Waals surface area contributed by atoms with Crippen LogP contribution in [0.1, 0.15) is 16.1 Å². The fraction of sp³-hybridized carbons (Fsp3) is 0.200. The van der Waals surface area contributed by atoms with Gasteiger partial charge >= 0.3 is 0 Å². The number of aromatic nitrogens is 2. The van der Waals surface area contributed by atoms with Gasteiger partial charge in [-0.15, -0.1) is 6.58 Å². The zero-order valence-electron chi connectivity index (χ0n) is 12.1. The summed E-state index contributed by atoms with van der Waals surface area (Å²) in [6.45, 7) is 4.50. The summed E-state index contributed by atoms with van der Waals surface area (Å²) >= 11 is 12.0. The minimum atomic E-state index is -0.181. The molecule has 2 aromatic heterocycles. The lowest BCUT2D eigenvalue weighted by Crippen LogP contribution is -2.23. The summed E-state index contributed by atoms with van der Waals surface area (Å²) in [7, 11) is 1.84. The molecule has 0 aliphatic carbocycles. The highest BCUT2D eigenvalue weighted by molar-refractivity contribution is 6.41. The summed E-state index contributed by atoms with van der Waals surface area (Å²) in [5, 5.41) is 6.86. The van der Waals surface area contributed by atoms with Gasteiger partial charge in [-0.05, 0) is 18.2 Å². The number of rotatable bonds is 6. The molecular formula is C15H16Cl2N4O. The standard InChI is InChI=1S/C15H16Cl2N4O/c1-3-6-18-15(22)10-4-5-13(19-8-10)20-9-11-7-12(16)14(17)21(11)2/h3-5,7-8H,1,6,9H2,2H3,(H,18,22)(H,19,20). The molecule has 0 saturated carbocycles. The fourth-order valence-electron chi connectivity index (χ4n) is 1.84. The van der Waals surface area contributed by atoms with Crippen molar-refractivity contribution in [2.45, 2.75) is 6.54 Å². The Bertz CT molecular complexity index is 680. The van der Waals surface area contributed by atoms with Gasteiger partial charge in [0.15, 0.2) is 0 Å². The molecule has 0 atom stereocenters. The molecule has 0 aliphatic heterocycles. The Hall–Kier alpha value is -1.98. The van der Waals surface area contributed by atoms with Gasteiger partial charge in [0.2, 0.25) is 0 Å². The van der Waals surface area contributed by atoms with Gasteiger partial charge in [0.1, 0.15) is 11.0 Å². The van der Waals surface area contributed by atoms with Gasteiger partial charge in [-0.2, -0.15) is 0 Å². The molecule has 0 radical (unpaired) electrons. The summed E-state index contributed by atoms with van der Waals surface area (Å²) in [5.41, 5.74) is 1.43. The quantitative estimate of drug-likeness (QED) is 0.795. The predicted molar refractivity (Wildman–Crippen MR) is 89.5 cm³/mol. The highest BCUT2D eigenvalue weighted by Crippen LogP contribution is 2.25. The third-order valence-electron chi connectivity index (χ3n) is 3.10. The topological polar surface area (TPSA) is 59.0 Å². The molecule has 0 fully saturated rings. The van der Waals surface area contributed by atoms with Crippen molar-refractivity contribution in [1.29, 1.82) is 0 Å². The van der Waals surface area contributed by atoms with Crippen molar-refractivity contribution < 1.29 is 4.79 Å². The molecule has 0 aliphatic rings. The number of anilines is 1. The normalized spacial score (nSPS) is 10.3. The van der Waals surface area contributed by atoms with Crippen LogP contribution >= 0.6 is 23.2 Å². The lowest BCUT2D eigenvalue weighted by molar-refractivity contribution is 0.0957. The molecule has 2 heterocycles. The van der Waals surface area contributed by atoms with Crippen molar-refractivity contribution >= 4 is 34.9 Å². The number of hydrogen-bond donors (Lipinski definition) is 2. The highest BCUT2D eigenvalue weighted by atomic mass is 35.5. The van der Waals surface area contributed by atoms with Crippen molar-refractivity contribution in [3.63, 3.8) is 0 Å². The first-order valence-electron chi connectivity index (χ1n) is 6.61. The predicted octanol–water partition coefficient (Wildman–Crippen LogP) is 3.25. The maximum absolute atomic E-state index is 11.7. The van der Waals surface area contributed by atoms with Crippen molar-refractivity contribution in [2.24, 2.45) is 7.05 Å². The number of carbonyl (C=O) groups is 1. The van der Waals surface area contributed by atoms with Crippen LogP contribution in [0.15, 0.2) is 37.1 Å². The Morgan fingerprint density at radius 2 is 2.23 bits per heavy atom. The van der Waals surface area contributed by atoms with Crippen molar-refractivity contribution in [3.05, 3.63) is 58.5 Å². The lowest BCUT2D eigenvalue weighted by Gasteiger charge is -2.08. The average molecular weight is 339 g/mol. The van der Waals surface area contributed by atoms with Crippen LogP contribution in [0.3, 0.4) is 0 Å². The zero-order valence-corrected chi connectivity index (χ0v) is 13.6. The Balaban J connectivity index is 1.98. The molecule has 2 aromatic rings. The van der Waals surface area contributed by atoms with E-state index in [0.717, 1.165) is 5.69 Å². The van der Waals surface area contributed by atoms with Crippen LogP contribution < -0.4 is 10.6 Å². The Morgan fingerprint density at radius 1 is 1.45 bits per heavy atom. The molecule has 2 rings (SSSR count). The third kappa shape index (κ3) is 3.81. The van der Waals surface area contributed by atoms with E-state index < -0.39 is 0 Å². The molecular weight excluding hydrogens is 323 g/mol. The molecule has 0 unspecified atom stereocenters. The van der Waals surface area contributed by atoms with Gasteiger partial charge < -0.3 is 15.2 Å². The number of nitrogens with one attached hydrogen (secondary N) is 2. The molecule has 22 heavy (non-hydrogen) atoms. The molecule has 2 N–H and O–H groups in total. The summed E-state index contributed by atoms with van der Waals surface area (Å²) in [4.78, 5) is 15.9. The van der Waals surface area contributed by atoms with Crippen LogP contribution in [0.2, 0.25) is 10.2 Å². The van der Waals surface area contributed by atoms with E-state index in [-0.39, 0.29) is 5.91 Å². The summed E-state index contributed by atoms with van der Waals surface area (Å²) < 4.78 is 1.80.